The standard InChI is InChI=1S/C19H20N2O3S/c1-2-25(23,24)20-18-14-21(19(22)16-11-7-4-8-12-16)13-17(18)15-9-5-3-6-10-15/h2-12,17-18,20H,1,13-14H2/t17-,18+/m0/s1. The lowest BCUT2D eigenvalue weighted by molar-refractivity contribution is 0.0788. The summed E-state index contributed by atoms with van der Waals surface area (Å²) in [5.74, 6) is -0.203. The second-order valence-electron chi connectivity index (χ2n) is 6.03. The molecule has 25 heavy (non-hydrogen) atoms. The number of sulfonamides is 1. The van der Waals surface area contributed by atoms with Gasteiger partial charge in [0.15, 0.2) is 0 Å². The van der Waals surface area contributed by atoms with E-state index < -0.39 is 16.1 Å². The molecule has 1 N–H and O–H groups in total. The van der Waals surface area contributed by atoms with Gasteiger partial charge in [-0.05, 0) is 17.7 Å². The fourth-order valence-electron chi connectivity index (χ4n) is 3.15. The summed E-state index contributed by atoms with van der Waals surface area (Å²) in [6.45, 7) is 4.12. The largest absolute Gasteiger partial charge is 0.336 e. The van der Waals surface area contributed by atoms with Gasteiger partial charge in [0.05, 0.1) is 0 Å². The molecular formula is C19H20N2O3S. The van der Waals surface area contributed by atoms with E-state index in [2.05, 4.69) is 11.3 Å². The Morgan fingerprint density at radius 3 is 2.24 bits per heavy atom. The van der Waals surface area contributed by atoms with E-state index in [-0.39, 0.29) is 11.8 Å². The molecule has 1 amide bonds. The number of likely N-dealkylation sites (tertiary alicyclic amines) is 1. The summed E-state index contributed by atoms with van der Waals surface area (Å²) >= 11 is 0. The molecule has 1 fully saturated rings. The van der Waals surface area contributed by atoms with Crippen molar-refractivity contribution < 1.29 is 13.2 Å². The molecule has 130 valence electrons. The lowest BCUT2D eigenvalue weighted by Crippen LogP contribution is -2.39. The monoisotopic (exact) mass is 356 g/mol. The predicted octanol–water partition coefficient (Wildman–Crippen LogP) is 2.36. The maximum absolute atomic E-state index is 12.7. The van der Waals surface area contributed by atoms with E-state index in [1.807, 2.05) is 48.5 Å². The molecule has 0 radical (unpaired) electrons. The van der Waals surface area contributed by atoms with Gasteiger partial charge in [0.2, 0.25) is 10.0 Å². The van der Waals surface area contributed by atoms with Crippen molar-refractivity contribution in [3.63, 3.8) is 0 Å². The molecule has 2 aromatic rings. The Morgan fingerprint density at radius 1 is 1.04 bits per heavy atom. The fourth-order valence-corrected chi connectivity index (χ4v) is 3.91. The van der Waals surface area contributed by atoms with Crippen LogP contribution < -0.4 is 4.72 Å². The lowest BCUT2D eigenvalue weighted by atomic mass is 9.95. The van der Waals surface area contributed by atoms with Gasteiger partial charge < -0.3 is 4.90 Å². The van der Waals surface area contributed by atoms with Crippen LogP contribution in [-0.4, -0.2) is 38.4 Å². The normalized spacial score (nSPS) is 20.4. The van der Waals surface area contributed by atoms with E-state index >= 15 is 0 Å². The van der Waals surface area contributed by atoms with Crippen LogP contribution in [0, 0.1) is 0 Å². The molecule has 0 aromatic heterocycles. The molecule has 0 spiro atoms. The zero-order valence-corrected chi connectivity index (χ0v) is 14.5. The number of carbonyl (C=O) groups excluding carboxylic acids is 1. The number of hydrogen-bond acceptors (Lipinski definition) is 3. The Morgan fingerprint density at radius 2 is 1.64 bits per heavy atom. The minimum atomic E-state index is -3.58. The molecule has 1 heterocycles. The summed E-state index contributed by atoms with van der Waals surface area (Å²) in [4.78, 5) is 14.4. The Bertz CT molecular complexity index is 851. The van der Waals surface area contributed by atoms with Gasteiger partial charge >= 0.3 is 0 Å². The van der Waals surface area contributed by atoms with Gasteiger partial charge in [-0.3, -0.25) is 4.79 Å². The summed E-state index contributed by atoms with van der Waals surface area (Å²) in [6.07, 6.45) is 0. The topological polar surface area (TPSA) is 66.5 Å². The first-order valence-electron chi connectivity index (χ1n) is 8.04. The molecule has 0 aliphatic carbocycles. The highest BCUT2D eigenvalue weighted by Crippen LogP contribution is 2.29. The van der Waals surface area contributed by atoms with Crippen LogP contribution in [0.2, 0.25) is 0 Å². The van der Waals surface area contributed by atoms with Crippen LogP contribution in [0.25, 0.3) is 0 Å². The molecule has 0 bridgehead atoms. The van der Waals surface area contributed by atoms with Gasteiger partial charge in [-0.25, -0.2) is 13.1 Å². The van der Waals surface area contributed by atoms with Gasteiger partial charge in [0.25, 0.3) is 5.91 Å². The third-order valence-electron chi connectivity index (χ3n) is 4.39. The average Bonchev–Trinajstić information content (AvgIpc) is 3.05. The quantitative estimate of drug-likeness (QED) is 0.894. The minimum absolute atomic E-state index is 0.0955. The highest BCUT2D eigenvalue weighted by atomic mass is 32.2. The molecule has 1 aliphatic heterocycles. The van der Waals surface area contributed by atoms with Gasteiger partial charge in [-0.2, -0.15) is 0 Å². The number of hydrogen-bond donors (Lipinski definition) is 1. The van der Waals surface area contributed by atoms with Crippen molar-refractivity contribution in [2.75, 3.05) is 13.1 Å². The molecule has 0 unspecified atom stereocenters. The molecule has 0 saturated carbocycles. The third-order valence-corrected chi connectivity index (χ3v) is 5.46. The molecule has 1 saturated heterocycles. The maximum Gasteiger partial charge on any atom is 0.253 e. The lowest BCUT2D eigenvalue weighted by Gasteiger charge is -2.18. The van der Waals surface area contributed by atoms with E-state index in [1.165, 1.54) is 0 Å². The van der Waals surface area contributed by atoms with Gasteiger partial charge in [0.1, 0.15) is 0 Å². The molecule has 3 rings (SSSR count). The van der Waals surface area contributed by atoms with Crippen molar-refractivity contribution in [3.8, 4) is 0 Å². The van der Waals surface area contributed by atoms with Crippen molar-refractivity contribution in [2.45, 2.75) is 12.0 Å². The highest BCUT2D eigenvalue weighted by Gasteiger charge is 2.38. The molecule has 2 aromatic carbocycles. The predicted molar refractivity (Wildman–Crippen MR) is 97.6 cm³/mol. The molecule has 5 nitrogen and oxygen atoms in total. The Kier molecular flexibility index (Phi) is 5.01. The zero-order chi connectivity index (χ0) is 17.9. The molecular weight excluding hydrogens is 336 g/mol. The summed E-state index contributed by atoms with van der Waals surface area (Å²) in [7, 11) is -3.58. The SMILES string of the molecule is C=CS(=O)(=O)N[C@@H]1CN(C(=O)c2ccccc2)C[C@H]1c1ccccc1. The van der Waals surface area contributed by atoms with Crippen LogP contribution in [0.15, 0.2) is 72.7 Å². The average molecular weight is 356 g/mol. The third kappa shape index (κ3) is 3.97. The van der Waals surface area contributed by atoms with Crippen LogP contribution in [0.5, 0.6) is 0 Å². The Hall–Kier alpha value is -2.44. The molecule has 2 atom stereocenters. The van der Waals surface area contributed by atoms with Gasteiger partial charge in [0, 0.05) is 36.0 Å². The van der Waals surface area contributed by atoms with Gasteiger partial charge in [-0.1, -0.05) is 55.1 Å². The maximum atomic E-state index is 12.7. The summed E-state index contributed by atoms with van der Waals surface area (Å²) in [5, 5.41) is 0.900. The van der Waals surface area contributed by atoms with Crippen molar-refractivity contribution >= 4 is 15.9 Å². The van der Waals surface area contributed by atoms with Gasteiger partial charge in [-0.15, -0.1) is 0 Å². The van der Waals surface area contributed by atoms with Crippen LogP contribution in [0.4, 0.5) is 0 Å². The second-order valence-corrected chi connectivity index (χ2v) is 7.69. The number of rotatable bonds is 5. The van der Waals surface area contributed by atoms with E-state index in [0.717, 1.165) is 11.0 Å². The van der Waals surface area contributed by atoms with Crippen LogP contribution in [0.3, 0.4) is 0 Å². The van der Waals surface area contributed by atoms with Crippen LogP contribution in [-0.2, 0) is 10.0 Å². The van der Waals surface area contributed by atoms with E-state index in [4.69, 9.17) is 0 Å². The Balaban J connectivity index is 1.87. The first-order valence-corrected chi connectivity index (χ1v) is 9.59. The zero-order valence-electron chi connectivity index (χ0n) is 13.7. The first-order chi connectivity index (χ1) is 12.0. The summed E-state index contributed by atoms with van der Waals surface area (Å²) < 4.78 is 26.5. The second kappa shape index (κ2) is 7.21. The number of nitrogens with zero attached hydrogens (tertiary/aromatic N) is 1. The van der Waals surface area contributed by atoms with Crippen molar-refractivity contribution in [1.29, 1.82) is 0 Å². The summed E-state index contributed by atoms with van der Waals surface area (Å²) in [6, 6.07) is 18.3. The van der Waals surface area contributed by atoms with E-state index in [9.17, 15) is 13.2 Å². The molecule has 1 aliphatic rings. The summed E-state index contributed by atoms with van der Waals surface area (Å²) in [5.41, 5.74) is 1.60. The number of benzene rings is 2. The number of nitrogens with one attached hydrogen (secondary N) is 1. The number of amides is 1. The van der Waals surface area contributed by atoms with Crippen LogP contribution in [0.1, 0.15) is 21.8 Å². The fraction of sp³-hybridized carbons (Fsp3) is 0.211. The number of carbonyl (C=O) groups is 1. The van der Waals surface area contributed by atoms with Crippen molar-refractivity contribution in [3.05, 3.63) is 83.8 Å². The van der Waals surface area contributed by atoms with Crippen molar-refractivity contribution in [1.82, 2.24) is 9.62 Å². The first kappa shape index (κ1) is 17.4. The Labute approximate surface area is 148 Å². The van der Waals surface area contributed by atoms with Crippen molar-refractivity contribution in [2.24, 2.45) is 0 Å². The smallest absolute Gasteiger partial charge is 0.253 e. The van der Waals surface area contributed by atoms with Crippen LogP contribution >= 0.6 is 0 Å². The highest BCUT2D eigenvalue weighted by molar-refractivity contribution is 7.92. The molecule has 6 heteroatoms. The van der Waals surface area contributed by atoms with E-state index in [0.29, 0.717) is 18.7 Å². The minimum Gasteiger partial charge on any atom is -0.336 e. The van der Waals surface area contributed by atoms with E-state index in [1.54, 1.807) is 17.0 Å².